The van der Waals surface area contributed by atoms with E-state index in [0.717, 1.165) is 0 Å². The molecule has 1 unspecified atom stereocenters. The van der Waals surface area contributed by atoms with Gasteiger partial charge in [0.05, 0.1) is 12.6 Å². The quantitative estimate of drug-likeness (QED) is 0.593. The Labute approximate surface area is 94.3 Å². The number of hydrogen-bond acceptors (Lipinski definition) is 5. The summed E-state index contributed by atoms with van der Waals surface area (Å²) in [7, 11) is 1.73. The molecule has 1 saturated heterocycles. The van der Waals surface area contributed by atoms with Crippen LogP contribution >= 0.6 is 0 Å². The van der Waals surface area contributed by atoms with E-state index in [1.54, 1.807) is 11.9 Å². The maximum Gasteiger partial charge on any atom is 0.320 e. The van der Waals surface area contributed by atoms with E-state index in [2.05, 4.69) is 0 Å². The first-order chi connectivity index (χ1) is 7.56. The lowest BCUT2D eigenvalue weighted by atomic mass is 10.2. The maximum absolute atomic E-state index is 10.8. The number of aliphatic carboxylic acids is 1. The van der Waals surface area contributed by atoms with Crippen LogP contribution in [0.1, 0.15) is 19.3 Å². The third-order valence-electron chi connectivity index (χ3n) is 2.85. The summed E-state index contributed by atoms with van der Waals surface area (Å²) in [4.78, 5) is 22.8. The summed E-state index contributed by atoms with van der Waals surface area (Å²) in [6, 6.07) is -0.966. The van der Waals surface area contributed by atoms with Crippen molar-refractivity contribution in [3.05, 3.63) is 0 Å². The smallest absolute Gasteiger partial charge is 0.320 e. The molecule has 0 aromatic carbocycles. The fraction of sp³-hybridized carbons (Fsp3) is 0.800. The van der Waals surface area contributed by atoms with Gasteiger partial charge in [-0.05, 0) is 26.3 Å². The van der Waals surface area contributed by atoms with Crippen molar-refractivity contribution < 1.29 is 19.4 Å². The molecule has 6 nitrogen and oxygen atoms in total. The molecule has 16 heavy (non-hydrogen) atoms. The topological polar surface area (TPSA) is 92.9 Å². The molecule has 1 rings (SSSR count). The molecule has 0 saturated carbocycles. The number of carboxylic acids is 1. The van der Waals surface area contributed by atoms with Crippen LogP contribution in [0.15, 0.2) is 0 Å². The van der Waals surface area contributed by atoms with E-state index in [0.29, 0.717) is 32.2 Å². The highest BCUT2D eigenvalue weighted by Crippen LogP contribution is 2.23. The number of nitrogens with two attached hydrogens (primary N) is 1. The molecule has 0 amide bonds. The number of hydrogen-bond donors (Lipinski definition) is 2. The fourth-order valence-corrected chi connectivity index (χ4v) is 1.82. The molecule has 0 aliphatic carbocycles. The van der Waals surface area contributed by atoms with Gasteiger partial charge in [-0.3, -0.25) is 9.69 Å². The molecule has 3 atom stereocenters. The van der Waals surface area contributed by atoms with Gasteiger partial charge in [-0.15, -0.1) is 0 Å². The zero-order valence-corrected chi connectivity index (χ0v) is 9.33. The summed E-state index contributed by atoms with van der Waals surface area (Å²) in [6.07, 6.45) is 2.26. The first-order valence-corrected chi connectivity index (χ1v) is 5.33. The van der Waals surface area contributed by atoms with Gasteiger partial charge in [0.2, 0.25) is 0 Å². The molecule has 0 bridgehead atoms. The van der Waals surface area contributed by atoms with Crippen LogP contribution in [-0.4, -0.2) is 54.2 Å². The Bertz CT molecular complexity index is 259. The lowest BCUT2D eigenvalue weighted by Gasteiger charge is -2.23. The van der Waals surface area contributed by atoms with Gasteiger partial charge in [-0.1, -0.05) is 0 Å². The van der Waals surface area contributed by atoms with Gasteiger partial charge in [-0.25, -0.2) is 0 Å². The zero-order valence-electron chi connectivity index (χ0n) is 9.33. The molecule has 0 aromatic rings. The van der Waals surface area contributed by atoms with Crippen molar-refractivity contribution in [3.63, 3.8) is 0 Å². The van der Waals surface area contributed by atoms with Crippen molar-refractivity contribution in [2.24, 2.45) is 5.73 Å². The van der Waals surface area contributed by atoms with Crippen LogP contribution in [0.25, 0.3) is 0 Å². The fourth-order valence-electron chi connectivity index (χ4n) is 1.82. The second kappa shape index (κ2) is 5.93. The predicted molar refractivity (Wildman–Crippen MR) is 56.8 cm³/mol. The van der Waals surface area contributed by atoms with Gasteiger partial charge in [-0.2, -0.15) is 0 Å². The van der Waals surface area contributed by atoms with Crippen molar-refractivity contribution in [2.75, 3.05) is 13.7 Å². The van der Waals surface area contributed by atoms with Gasteiger partial charge in [0.15, 0.2) is 0 Å². The largest absolute Gasteiger partial charge is 0.480 e. The summed E-state index contributed by atoms with van der Waals surface area (Å²) in [5.74, 6) is -0.821. The lowest BCUT2D eigenvalue weighted by molar-refractivity contribution is -0.144. The zero-order chi connectivity index (χ0) is 12.1. The van der Waals surface area contributed by atoms with Crippen LogP contribution in [0.2, 0.25) is 0 Å². The van der Waals surface area contributed by atoms with Crippen LogP contribution in [0.3, 0.4) is 0 Å². The van der Waals surface area contributed by atoms with Crippen LogP contribution in [-0.2, 0) is 14.3 Å². The highest BCUT2D eigenvalue weighted by atomic mass is 16.5. The van der Waals surface area contributed by atoms with Gasteiger partial charge >= 0.3 is 5.97 Å². The SMILES string of the molecule is CN1C(OCC[C@H](N)C=O)CC[C@H]1C(=O)O. The number of ether oxygens (including phenoxy) is 1. The second-order valence-corrected chi connectivity index (χ2v) is 4.01. The molecule has 92 valence electrons. The minimum Gasteiger partial charge on any atom is -0.480 e. The lowest BCUT2D eigenvalue weighted by Crippen LogP contribution is -2.39. The van der Waals surface area contributed by atoms with Crippen molar-refractivity contribution in [3.8, 4) is 0 Å². The number of rotatable bonds is 6. The van der Waals surface area contributed by atoms with Crippen molar-refractivity contribution in [1.82, 2.24) is 4.90 Å². The van der Waals surface area contributed by atoms with Crippen molar-refractivity contribution in [1.29, 1.82) is 0 Å². The highest BCUT2D eigenvalue weighted by molar-refractivity contribution is 5.73. The standard InChI is InChI=1S/C10H18N2O4/c1-12-8(10(14)15)2-3-9(12)16-5-4-7(11)6-13/h6-9H,2-5,11H2,1H3,(H,14,15)/t7-,8-,9?/m0/s1. The molecule has 1 heterocycles. The average molecular weight is 230 g/mol. The first-order valence-electron chi connectivity index (χ1n) is 5.33. The van der Waals surface area contributed by atoms with Crippen LogP contribution in [0.5, 0.6) is 0 Å². The van der Waals surface area contributed by atoms with E-state index in [9.17, 15) is 9.59 Å². The average Bonchev–Trinajstić information content (AvgIpc) is 2.60. The maximum atomic E-state index is 10.8. The Morgan fingerprint density at radius 2 is 2.38 bits per heavy atom. The minimum absolute atomic E-state index is 0.181. The number of carboxylic acid groups (broad SMARTS) is 1. The predicted octanol–water partition coefficient (Wildman–Crippen LogP) is -0.576. The molecule has 1 aliphatic heterocycles. The van der Waals surface area contributed by atoms with Crippen molar-refractivity contribution in [2.45, 2.75) is 37.6 Å². The molecule has 0 spiro atoms. The summed E-state index contributed by atoms with van der Waals surface area (Å²) in [5, 5.41) is 8.89. The second-order valence-electron chi connectivity index (χ2n) is 4.01. The van der Waals surface area contributed by atoms with Crippen LogP contribution in [0.4, 0.5) is 0 Å². The summed E-state index contributed by atoms with van der Waals surface area (Å²) in [5.41, 5.74) is 5.41. The van der Waals surface area contributed by atoms with E-state index in [4.69, 9.17) is 15.6 Å². The number of nitrogens with zero attached hydrogens (tertiary/aromatic N) is 1. The highest BCUT2D eigenvalue weighted by Gasteiger charge is 2.35. The Morgan fingerprint density at radius 1 is 1.69 bits per heavy atom. The first kappa shape index (κ1) is 13.1. The summed E-state index contributed by atoms with van der Waals surface area (Å²) in [6.45, 7) is 0.376. The number of carbonyl (C=O) groups excluding carboxylic acids is 1. The van der Waals surface area contributed by atoms with Gasteiger partial charge < -0.3 is 20.4 Å². The van der Waals surface area contributed by atoms with E-state index < -0.39 is 18.1 Å². The third-order valence-corrected chi connectivity index (χ3v) is 2.85. The third kappa shape index (κ3) is 3.26. The van der Waals surface area contributed by atoms with Gasteiger partial charge in [0, 0.05) is 0 Å². The monoisotopic (exact) mass is 230 g/mol. The minimum atomic E-state index is -0.821. The van der Waals surface area contributed by atoms with E-state index in [1.165, 1.54) is 0 Å². The molecular formula is C10H18N2O4. The van der Waals surface area contributed by atoms with Gasteiger partial charge in [0.1, 0.15) is 18.6 Å². The molecule has 0 aromatic heterocycles. The van der Waals surface area contributed by atoms with Gasteiger partial charge in [0.25, 0.3) is 0 Å². The number of aldehydes is 1. The van der Waals surface area contributed by atoms with Crippen LogP contribution in [0, 0.1) is 0 Å². The number of carbonyl (C=O) groups is 2. The normalized spacial score (nSPS) is 27.9. The Morgan fingerprint density at radius 3 is 2.88 bits per heavy atom. The molecular weight excluding hydrogens is 212 g/mol. The molecule has 0 radical (unpaired) electrons. The van der Waals surface area contributed by atoms with Crippen molar-refractivity contribution >= 4 is 12.3 Å². The summed E-state index contributed by atoms with van der Waals surface area (Å²) >= 11 is 0. The molecule has 3 N–H and O–H groups in total. The Balaban J connectivity index is 2.29. The summed E-state index contributed by atoms with van der Waals surface area (Å²) < 4.78 is 5.49. The van der Waals surface area contributed by atoms with E-state index >= 15 is 0 Å². The Kier molecular flexibility index (Phi) is 4.85. The van der Waals surface area contributed by atoms with Crippen LogP contribution < -0.4 is 5.73 Å². The molecule has 1 fully saturated rings. The molecule has 6 heteroatoms. The van der Waals surface area contributed by atoms with E-state index in [1.807, 2.05) is 0 Å². The van der Waals surface area contributed by atoms with E-state index in [-0.39, 0.29) is 6.23 Å². The number of likely N-dealkylation sites (tertiary alicyclic amines) is 1. The molecule has 1 aliphatic rings. The Hall–Kier alpha value is -0.980. The number of likely N-dealkylation sites (N-methyl/N-ethyl adjacent to an activating group) is 1.